The number of benzene rings is 1. The van der Waals surface area contributed by atoms with Crippen molar-refractivity contribution in [3.63, 3.8) is 0 Å². The van der Waals surface area contributed by atoms with Crippen LogP contribution in [0.15, 0.2) is 24.3 Å². The van der Waals surface area contributed by atoms with E-state index in [1.807, 2.05) is 13.8 Å². The van der Waals surface area contributed by atoms with Gasteiger partial charge < -0.3 is 15.4 Å². The SMILES string of the molecule is CCC(C)NC(=O)NCc1cccc(OC(F)F)c1. The van der Waals surface area contributed by atoms with Gasteiger partial charge in [0, 0.05) is 12.6 Å². The summed E-state index contributed by atoms with van der Waals surface area (Å²) in [6, 6.07) is 6.04. The zero-order valence-corrected chi connectivity index (χ0v) is 11.0. The Morgan fingerprint density at radius 2 is 2.16 bits per heavy atom. The topological polar surface area (TPSA) is 50.4 Å². The summed E-state index contributed by atoms with van der Waals surface area (Å²) < 4.78 is 28.4. The van der Waals surface area contributed by atoms with Crippen molar-refractivity contribution in [1.29, 1.82) is 0 Å². The molecule has 0 saturated heterocycles. The fourth-order valence-electron chi connectivity index (χ4n) is 1.39. The van der Waals surface area contributed by atoms with E-state index in [1.165, 1.54) is 12.1 Å². The molecular formula is C13H18F2N2O2. The minimum atomic E-state index is -2.85. The third kappa shape index (κ3) is 6.03. The van der Waals surface area contributed by atoms with E-state index in [0.717, 1.165) is 6.42 Å². The van der Waals surface area contributed by atoms with Gasteiger partial charge in [0.15, 0.2) is 0 Å². The normalized spacial score (nSPS) is 12.1. The number of ether oxygens (including phenoxy) is 1. The molecule has 1 atom stereocenters. The molecule has 0 bridgehead atoms. The van der Waals surface area contributed by atoms with Gasteiger partial charge in [0.05, 0.1) is 0 Å². The second-order valence-corrected chi connectivity index (χ2v) is 4.16. The number of carbonyl (C=O) groups is 1. The maximum Gasteiger partial charge on any atom is 0.387 e. The summed E-state index contributed by atoms with van der Waals surface area (Å²) in [5, 5.41) is 5.40. The zero-order chi connectivity index (χ0) is 14.3. The highest BCUT2D eigenvalue weighted by Crippen LogP contribution is 2.15. The number of halogens is 2. The van der Waals surface area contributed by atoms with Gasteiger partial charge in [-0.2, -0.15) is 8.78 Å². The van der Waals surface area contributed by atoms with E-state index in [-0.39, 0.29) is 24.4 Å². The van der Waals surface area contributed by atoms with Crippen molar-refractivity contribution >= 4 is 6.03 Å². The summed E-state index contributed by atoms with van der Waals surface area (Å²) in [4.78, 5) is 11.5. The number of alkyl halides is 2. The Morgan fingerprint density at radius 1 is 1.42 bits per heavy atom. The van der Waals surface area contributed by atoms with Crippen LogP contribution < -0.4 is 15.4 Å². The van der Waals surface area contributed by atoms with Crippen LogP contribution in [0.4, 0.5) is 13.6 Å². The van der Waals surface area contributed by atoms with Crippen LogP contribution in [0, 0.1) is 0 Å². The molecule has 1 aromatic rings. The Morgan fingerprint density at radius 3 is 2.79 bits per heavy atom. The molecule has 0 aromatic heterocycles. The summed E-state index contributed by atoms with van der Waals surface area (Å²) in [7, 11) is 0. The molecular weight excluding hydrogens is 254 g/mol. The second kappa shape index (κ2) is 7.56. The first-order valence-electron chi connectivity index (χ1n) is 6.09. The lowest BCUT2D eigenvalue weighted by Crippen LogP contribution is -2.40. The molecule has 19 heavy (non-hydrogen) atoms. The maximum absolute atomic E-state index is 12.0. The largest absolute Gasteiger partial charge is 0.435 e. The standard InChI is InChI=1S/C13H18F2N2O2/c1-3-9(2)17-13(18)16-8-10-5-4-6-11(7-10)19-12(14)15/h4-7,9,12H,3,8H2,1-2H3,(H2,16,17,18). The Labute approximate surface area is 111 Å². The first-order chi connectivity index (χ1) is 9.01. The molecule has 2 N–H and O–H groups in total. The second-order valence-electron chi connectivity index (χ2n) is 4.16. The molecule has 1 unspecified atom stereocenters. The van der Waals surface area contributed by atoms with E-state index < -0.39 is 6.61 Å². The van der Waals surface area contributed by atoms with Gasteiger partial charge in [0.25, 0.3) is 0 Å². The Kier molecular flexibility index (Phi) is 6.05. The van der Waals surface area contributed by atoms with Crippen LogP contribution >= 0.6 is 0 Å². The Balaban J connectivity index is 2.46. The highest BCUT2D eigenvalue weighted by molar-refractivity contribution is 5.74. The fraction of sp³-hybridized carbons (Fsp3) is 0.462. The molecule has 0 fully saturated rings. The van der Waals surface area contributed by atoms with E-state index in [0.29, 0.717) is 5.56 Å². The van der Waals surface area contributed by atoms with Crippen molar-refractivity contribution in [2.75, 3.05) is 0 Å². The summed E-state index contributed by atoms with van der Waals surface area (Å²) in [6.45, 7) is 1.27. The van der Waals surface area contributed by atoms with Gasteiger partial charge in [0.2, 0.25) is 0 Å². The molecule has 0 saturated carbocycles. The van der Waals surface area contributed by atoms with Crippen molar-refractivity contribution in [2.45, 2.75) is 39.5 Å². The molecule has 0 radical (unpaired) electrons. The summed E-state index contributed by atoms with van der Waals surface area (Å²) in [5.74, 6) is 0.0802. The molecule has 0 spiro atoms. The molecule has 1 aromatic carbocycles. The molecule has 6 heteroatoms. The monoisotopic (exact) mass is 272 g/mol. The van der Waals surface area contributed by atoms with Crippen LogP contribution in [0.1, 0.15) is 25.8 Å². The van der Waals surface area contributed by atoms with E-state index in [2.05, 4.69) is 15.4 Å². The van der Waals surface area contributed by atoms with Crippen LogP contribution in [0.25, 0.3) is 0 Å². The minimum Gasteiger partial charge on any atom is -0.435 e. The van der Waals surface area contributed by atoms with Crippen molar-refractivity contribution in [3.05, 3.63) is 29.8 Å². The molecule has 4 nitrogen and oxygen atoms in total. The van der Waals surface area contributed by atoms with Crippen molar-refractivity contribution in [3.8, 4) is 5.75 Å². The predicted octanol–water partition coefficient (Wildman–Crippen LogP) is 2.89. The summed E-state index contributed by atoms with van der Waals surface area (Å²) in [5.41, 5.74) is 0.692. The number of hydrogen-bond donors (Lipinski definition) is 2. The minimum absolute atomic E-state index is 0.0802. The van der Waals surface area contributed by atoms with Gasteiger partial charge in [-0.05, 0) is 31.0 Å². The number of nitrogens with one attached hydrogen (secondary N) is 2. The molecule has 2 amide bonds. The number of amides is 2. The van der Waals surface area contributed by atoms with E-state index in [4.69, 9.17) is 0 Å². The third-order valence-electron chi connectivity index (χ3n) is 2.57. The quantitative estimate of drug-likeness (QED) is 0.836. The van der Waals surface area contributed by atoms with Gasteiger partial charge in [-0.25, -0.2) is 4.79 Å². The van der Waals surface area contributed by atoms with Crippen molar-refractivity contribution in [2.24, 2.45) is 0 Å². The lowest BCUT2D eigenvalue weighted by Gasteiger charge is -2.13. The van der Waals surface area contributed by atoms with Crippen LogP contribution in [0.5, 0.6) is 5.75 Å². The number of rotatable bonds is 6. The lowest BCUT2D eigenvalue weighted by molar-refractivity contribution is -0.0498. The summed E-state index contributed by atoms with van der Waals surface area (Å²) >= 11 is 0. The Bertz CT molecular complexity index is 413. The summed E-state index contributed by atoms with van der Waals surface area (Å²) in [6.07, 6.45) is 0.838. The van der Waals surface area contributed by atoms with Crippen molar-refractivity contribution in [1.82, 2.24) is 10.6 Å². The molecule has 0 aliphatic heterocycles. The molecule has 0 heterocycles. The fourth-order valence-corrected chi connectivity index (χ4v) is 1.39. The maximum atomic E-state index is 12.0. The average molecular weight is 272 g/mol. The van der Waals surface area contributed by atoms with Gasteiger partial charge in [-0.3, -0.25) is 0 Å². The van der Waals surface area contributed by atoms with E-state index in [1.54, 1.807) is 12.1 Å². The highest BCUT2D eigenvalue weighted by Gasteiger charge is 2.06. The first-order valence-corrected chi connectivity index (χ1v) is 6.09. The van der Waals surface area contributed by atoms with Crippen LogP contribution in [-0.4, -0.2) is 18.7 Å². The van der Waals surface area contributed by atoms with Gasteiger partial charge in [-0.1, -0.05) is 19.1 Å². The average Bonchev–Trinajstić information content (AvgIpc) is 2.36. The molecule has 106 valence electrons. The van der Waals surface area contributed by atoms with Crippen LogP contribution in [0.2, 0.25) is 0 Å². The van der Waals surface area contributed by atoms with E-state index in [9.17, 15) is 13.6 Å². The zero-order valence-electron chi connectivity index (χ0n) is 11.0. The van der Waals surface area contributed by atoms with Gasteiger partial charge >= 0.3 is 12.6 Å². The number of hydrogen-bond acceptors (Lipinski definition) is 2. The highest BCUT2D eigenvalue weighted by atomic mass is 19.3. The van der Waals surface area contributed by atoms with Crippen LogP contribution in [-0.2, 0) is 6.54 Å². The number of carbonyl (C=O) groups excluding carboxylic acids is 1. The van der Waals surface area contributed by atoms with Crippen molar-refractivity contribution < 1.29 is 18.3 Å². The molecule has 0 aliphatic carbocycles. The molecule has 1 rings (SSSR count). The van der Waals surface area contributed by atoms with Crippen LogP contribution in [0.3, 0.4) is 0 Å². The predicted molar refractivity (Wildman–Crippen MR) is 68.2 cm³/mol. The molecule has 0 aliphatic rings. The van der Waals surface area contributed by atoms with E-state index >= 15 is 0 Å². The first kappa shape index (κ1) is 15.2. The smallest absolute Gasteiger partial charge is 0.387 e. The third-order valence-corrected chi connectivity index (χ3v) is 2.57. The number of urea groups is 1. The van der Waals surface area contributed by atoms with Gasteiger partial charge in [-0.15, -0.1) is 0 Å². The Hall–Kier alpha value is -1.85. The van der Waals surface area contributed by atoms with Gasteiger partial charge in [0.1, 0.15) is 5.75 Å². The lowest BCUT2D eigenvalue weighted by atomic mass is 10.2.